The standard InChI is InChI=1S/C14H14O3/c15-11-8-17-14(16)13(11)12(10-6-7-10)9-4-2-1-3-5-9/h1-5,10,12-13H,6-8H2. The third-order valence-electron chi connectivity index (χ3n) is 3.63. The molecule has 1 aromatic carbocycles. The van der Waals surface area contributed by atoms with Crippen LogP contribution in [0.3, 0.4) is 0 Å². The van der Waals surface area contributed by atoms with E-state index in [4.69, 9.17) is 4.74 Å². The number of rotatable bonds is 3. The number of hydrogen-bond acceptors (Lipinski definition) is 3. The first kappa shape index (κ1) is 10.5. The largest absolute Gasteiger partial charge is 0.457 e. The molecule has 88 valence electrons. The fourth-order valence-electron chi connectivity index (χ4n) is 2.67. The minimum Gasteiger partial charge on any atom is -0.457 e. The van der Waals surface area contributed by atoms with Gasteiger partial charge in [-0.25, -0.2) is 0 Å². The summed E-state index contributed by atoms with van der Waals surface area (Å²) in [4.78, 5) is 23.5. The Morgan fingerprint density at radius 2 is 1.82 bits per heavy atom. The summed E-state index contributed by atoms with van der Waals surface area (Å²) in [7, 11) is 0. The molecule has 0 amide bonds. The van der Waals surface area contributed by atoms with Gasteiger partial charge in [-0.15, -0.1) is 0 Å². The molecule has 1 aliphatic carbocycles. The molecule has 3 nitrogen and oxygen atoms in total. The molecule has 1 saturated heterocycles. The first-order valence-electron chi connectivity index (χ1n) is 6.01. The smallest absolute Gasteiger partial charge is 0.317 e. The minimum atomic E-state index is -0.565. The summed E-state index contributed by atoms with van der Waals surface area (Å²) in [5.74, 6) is -0.466. The van der Waals surface area contributed by atoms with Crippen molar-refractivity contribution in [2.45, 2.75) is 18.8 Å². The number of esters is 1. The van der Waals surface area contributed by atoms with Crippen LogP contribution < -0.4 is 0 Å². The molecule has 2 atom stereocenters. The fourth-order valence-corrected chi connectivity index (χ4v) is 2.67. The molecule has 2 unspecified atom stereocenters. The highest BCUT2D eigenvalue weighted by Gasteiger charge is 2.48. The molecule has 2 fully saturated rings. The van der Waals surface area contributed by atoms with E-state index in [9.17, 15) is 9.59 Å². The molecule has 17 heavy (non-hydrogen) atoms. The summed E-state index contributed by atoms with van der Waals surface area (Å²) in [6, 6.07) is 9.86. The van der Waals surface area contributed by atoms with Gasteiger partial charge >= 0.3 is 5.97 Å². The summed E-state index contributed by atoms with van der Waals surface area (Å²) in [6.07, 6.45) is 2.22. The second-order valence-corrected chi connectivity index (χ2v) is 4.83. The Labute approximate surface area is 99.8 Å². The van der Waals surface area contributed by atoms with Crippen molar-refractivity contribution in [2.24, 2.45) is 11.8 Å². The van der Waals surface area contributed by atoms with Gasteiger partial charge in [-0.1, -0.05) is 30.3 Å². The molecule has 3 heteroatoms. The molecule has 1 saturated carbocycles. The highest BCUT2D eigenvalue weighted by Crippen LogP contribution is 2.48. The molecular weight excluding hydrogens is 216 g/mol. The number of cyclic esters (lactones) is 1. The van der Waals surface area contributed by atoms with Crippen molar-refractivity contribution in [2.75, 3.05) is 6.61 Å². The molecule has 0 bridgehead atoms. The van der Waals surface area contributed by atoms with E-state index < -0.39 is 5.92 Å². The van der Waals surface area contributed by atoms with Crippen molar-refractivity contribution >= 4 is 11.8 Å². The van der Waals surface area contributed by atoms with Crippen LogP contribution in [0.1, 0.15) is 24.3 Å². The lowest BCUT2D eigenvalue weighted by molar-refractivity contribution is -0.142. The maximum absolute atomic E-state index is 11.8. The van der Waals surface area contributed by atoms with Crippen molar-refractivity contribution in [3.8, 4) is 0 Å². The Kier molecular flexibility index (Phi) is 2.46. The fraction of sp³-hybridized carbons (Fsp3) is 0.429. The summed E-state index contributed by atoms with van der Waals surface area (Å²) >= 11 is 0. The van der Waals surface area contributed by atoms with Crippen molar-refractivity contribution < 1.29 is 14.3 Å². The van der Waals surface area contributed by atoms with E-state index in [-0.39, 0.29) is 24.3 Å². The molecular formula is C14H14O3. The van der Waals surface area contributed by atoms with Crippen LogP contribution in [0.2, 0.25) is 0 Å². The number of carbonyl (C=O) groups is 2. The zero-order valence-corrected chi connectivity index (χ0v) is 9.46. The van der Waals surface area contributed by atoms with E-state index in [0.717, 1.165) is 18.4 Å². The Morgan fingerprint density at radius 3 is 2.35 bits per heavy atom. The first-order valence-corrected chi connectivity index (χ1v) is 6.01. The maximum atomic E-state index is 11.8. The Morgan fingerprint density at radius 1 is 1.12 bits per heavy atom. The third-order valence-corrected chi connectivity index (χ3v) is 3.63. The minimum absolute atomic E-state index is 0.0266. The van der Waals surface area contributed by atoms with Gasteiger partial charge in [0.15, 0.2) is 12.4 Å². The van der Waals surface area contributed by atoms with Gasteiger partial charge in [0.05, 0.1) is 0 Å². The zero-order chi connectivity index (χ0) is 11.8. The van der Waals surface area contributed by atoms with Crippen LogP contribution in [0.25, 0.3) is 0 Å². The van der Waals surface area contributed by atoms with E-state index >= 15 is 0 Å². The van der Waals surface area contributed by atoms with Gasteiger partial charge in [0.25, 0.3) is 0 Å². The normalized spacial score (nSPS) is 25.8. The van der Waals surface area contributed by atoms with Gasteiger partial charge in [-0.05, 0) is 24.3 Å². The zero-order valence-electron chi connectivity index (χ0n) is 9.46. The Hall–Kier alpha value is -1.64. The number of hydrogen-bond donors (Lipinski definition) is 0. The van der Waals surface area contributed by atoms with Crippen molar-refractivity contribution in [3.05, 3.63) is 35.9 Å². The maximum Gasteiger partial charge on any atom is 0.317 e. The van der Waals surface area contributed by atoms with Crippen LogP contribution in [-0.4, -0.2) is 18.4 Å². The second kappa shape index (κ2) is 3.99. The van der Waals surface area contributed by atoms with Crippen LogP contribution >= 0.6 is 0 Å². The number of ketones is 1. The number of benzene rings is 1. The van der Waals surface area contributed by atoms with Crippen molar-refractivity contribution in [1.82, 2.24) is 0 Å². The topological polar surface area (TPSA) is 43.4 Å². The quantitative estimate of drug-likeness (QED) is 0.588. The highest BCUT2D eigenvalue weighted by molar-refractivity contribution is 6.05. The molecule has 2 aliphatic rings. The second-order valence-electron chi connectivity index (χ2n) is 4.83. The molecule has 1 heterocycles. The summed E-state index contributed by atoms with van der Waals surface area (Å²) in [5, 5.41) is 0. The van der Waals surface area contributed by atoms with Gasteiger partial charge in [-0.2, -0.15) is 0 Å². The molecule has 1 aliphatic heterocycles. The number of Topliss-reactive ketones (excluding diaryl/α,β-unsaturated/α-hetero) is 1. The van der Waals surface area contributed by atoms with Gasteiger partial charge in [0.2, 0.25) is 0 Å². The summed E-state index contributed by atoms with van der Waals surface area (Å²) in [6.45, 7) is -0.0421. The third kappa shape index (κ3) is 1.86. The van der Waals surface area contributed by atoms with Crippen LogP contribution in [0.5, 0.6) is 0 Å². The molecule has 0 N–H and O–H groups in total. The molecule has 1 aromatic rings. The lowest BCUT2D eigenvalue weighted by atomic mass is 9.81. The lowest BCUT2D eigenvalue weighted by Crippen LogP contribution is -2.25. The van der Waals surface area contributed by atoms with E-state index in [1.54, 1.807) is 0 Å². The van der Waals surface area contributed by atoms with Crippen molar-refractivity contribution in [3.63, 3.8) is 0 Å². The highest BCUT2D eigenvalue weighted by atomic mass is 16.5. The van der Waals surface area contributed by atoms with E-state index in [0.29, 0.717) is 5.92 Å². The van der Waals surface area contributed by atoms with E-state index in [2.05, 4.69) is 0 Å². The van der Waals surface area contributed by atoms with Crippen LogP contribution in [0.15, 0.2) is 30.3 Å². The first-order chi connectivity index (χ1) is 8.27. The molecule has 3 rings (SSSR count). The number of carbonyl (C=O) groups excluding carboxylic acids is 2. The van der Waals surface area contributed by atoms with Gasteiger partial charge < -0.3 is 4.74 Å². The monoisotopic (exact) mass is 230 g/mol. The van der Waals surface area contributed by atoms with E-state index in [1.165, 1.54) is 0 Å². The van der Waals surface area contributed by atoms with E-state index in [1.807, 2.05) is 30.3 Å². The summed E-state index contributed by atoms with van der Waals surface area (Å²) in [5.41, 5.74) is 1.09. The SMILES string of the molecule is O=C1COC(=O)C1C(c1ccccc1)C1CC1. The predicted octanol–water partition coefficient (Wildman–Crippen LogP) is 1.92. The van der Waals surface area contributed by atoms with Crippen LogP contribution in [0, 0.1) is 11.8 Å². The average Bonchev–Trinajstić information content (AvgIpc) is 3.12. The molecule has 0 aromatic heterocycles. The summed E-state index contributed by atoms with van der Waals surface area (Å²) < 4.78 is 4.87. The van der Waals surface area contributed by atoms with Crippen LogP contribution in [0.4, 0.5) is 0 Å². The van der Waals surface area contributed by atoms with Gasteiger partial charge in [0.1, 0.15) is 5.92 Å². The average molecular weight is 230 g/mol. The molecule has 0 radical (unpaired) electrons. The van der Waals surface area contributed by atoms with Crippen LogP contribution in [-0.2, 0) is 14.3 Å². The van der Waals surface area contributed by atoms with Gasteiger partial charge in [0, 0.05) is 5.92 Å². The molecule has 0 spiro atoms. The Balaban J connectivity index is 1.95. The lowest BCUT2D eigenvalue weighted by Gasteiger charge is -2.19. The Bertz CT molecular complexity index is 432. The van der Waals surface area contributed by atoms with Crippen molar-refractivity contribution in [1.29, 1.82) is 0 Å². The number of ether oxygens (including phenoxy) is 1. The predicted molar refractivity (Wildman–Crippen MR) is 61.4 cm³/mol. The van der Waals surface area contributed by atoms with Gasteiger partial charge in [-0.3, -0.25) is 9.59 Å².